The molecule has 1 fully saturated rings. The van der Waals surface area contributed by atoms with E-state index in [4.69, 9.17) is 4.74 Å². The maximum atomic E-state index is 12.7. The van der Waals surface area contributed by atoms with E-state index in [-0.39, 0.29) is 18.5 Å². The third-order valence-corrected chi connectivity index (χ3v) is 4.14. The highest BCUT2D eigenvalue weighted by molar-refractivity contribution is 5.97. The standard InChI is InChI=1S/C18H27N3O3/c1-4-10-19(11-5-2)17(22)14-20-12-13-21(18(20)23)15-8-6-7-9-16(15)24-3/h6-9H,4-5,10-14H2,1-3H3. The zero-order chi connectivity index (χ0) is 17.5. The summed E-state index contributed by atoms with van der Waals surface area (Å²) in [5.41, 5.74) is 0.749. The molecule has 6 heteroatoms. The molecule has 0 spiro atoms. The van der Waals surface area contributed by atoms with Gasteiger partial charge in [-0.15, -0.1) is 0 Å². The zero-order valence-electron chi connectivity index (χ0n) is 14.8. The Morgan fingerprint density at radius 3 is 2.46 bits per heavy atom. The van der Waals surface area contributed by atoms with Crippen LogP contribution in [0.1, 0.15) is 26.7 Å². The molecule has 0 atom stereocenters. The number of carbonyl (C=O) groups is 2. The first-order valence-electron chi connectivity index (χ1n) is 8.59. The predicted molar refractivity (Wildman–Crippen MR) is 94.5 cm³/mol. The molecule has 1 aromatic carbocycles. The number of urea groups is 1. The first-order valence-corrected chi connectivity index (χ1v) is 8.59. The summed E-state index contributed by atoms with van der Waals surface area (Å²) < 4.78 is 5.34. The number of methoxy groups -OCH3 is 1. The molecule has 132 valence electrons. The smallest absolute Gasteiger partial charge is 0.325 e. The van der Waals surface area contributed by atoms with Gasteiger partial charge in [-0.1, -0.05) is 26.0 Å². The van der Waals surface area contributed by atoms with Gasteiger partial charge in [-0.25, -0.2) is 4.79 Å². The molecule has 0 N–H and O–H groups in total. The normalized spacial score (nSPS) is 14.2. The third kappa shape index (κ3) is 3.99. The molecule has 2 rings (SSSR count). The number of ether oxygens (including phenoxy) is 1. The lowest BCUT2D eigenvalue weighted by molar-refractivity contribution is -0.131. The molecule has 1 aromatic rings. The summed E-state index contributed by atoms with van der Waals surface area (Å²) in [6.45, 7) is 6.85. The number of hydrogen-bond donors (Lipinski definition) is 0. The average molecular weight is 333 g/mol. The number of hydrogen-bond acceptors (Lipinski definition) is 3. The second-order valence-electron chi connectivity index (χ2n) is 5.91. The van der Waals surface area contributed by atoms with Crippen molar-refractivity contribution in [2.75, 3.05) is 44.7 Å². The number of rotatable bonds is 8. The number of para-hydroxylation sites is 2. The third-order valence-electron chi connectivity index (χ3n) is 4.14. The minimum Gasteiger partial charge on any atom is -0.495 e. The lowest BCUT2D eigenvalue weighted by atomic mass is 10.2. The number of benzene rings is 1. The van der Waals surface area contributed by atoms with Crippen LogP contribution in [0.4, 0.5) is 10.5 Å². The van der Waals surface area contributed by atoms with Crippen LogP contribution < -0.4 is 9.64 Å². The molecule has 1 aliphatic heterocycles. The van der Waals surface area contributed by atoms with Crippen molar-refractivity contribution in [1.29, 1.82) is 0 Å². The van der Waals surface area contributed by atoms with Gasteiger partial charge in [0.05, 0.1) is 12.8 Å². The van der Waals surface area contributed by atoms with Crippen molar-refractivity contribution in [1.82, 2.24) is 9.80 Å². The van der Waals surface area contributed by atoms with E-state index in [1.807, 2.05) is 29.2 Å². The van der Waals surface area contributed by atoms with Gasteiger partial charge in [-0.05, 0) is 25.0 Å². The first-order chi connectivity index (χ1) is 11.6. The number of nitrogens with zero attached hydrogens (tertiary/aromatic N) is 3. The van der Waals surface area contributed by atoms with Gasteiger partial charge in [0, 0.05) is 26.2 Å². The maximum Gasteiger partial charge on any atom is 0.325 e. The molecule has 1 heterocycles. The van der Waals surface area contributed by atoms with E-state index in [9.17, 15) is 9.59 Å². The molecule has 1 aliphatic rings. The topological polar surface area (TPSA) is 53.1 Å². The van der Waals surface area contributed by atoms with Gasteiger partial charge in [-0.2, -0.15) is 0 Å². The Balaban J connectivity index is 2.04. The fraction of sp³-hybridized carbons (Fsp3) is 0.556. The van der Waals surface area contributed by atoms with Crippen molar-refractivity contribution in [2.24, 2.45) is 0 Å². The zero-order valence-corrected chi connectivity index (χ0v) is 14.8. The quantitative estimate of drug-likeness (QED) is 0.735. The monoisotopic (exact) mass is 333 g/mol. The second kappa shape index (κ2) is 8.57. The van der Waals surface area contributed by atoms with Crippen LogP contribution in [0.2, 0.25) is 0 Å². The number of carbonyl (C=O) groups excluding carboxylic acids is 2. The molecular formula is C18H27N3O3. The summed E-state index contributed by atoms with van der Waals surface area (Å²) in [6.07, 6.45) is 1.85. The Kier molecular flexibility index (Phi) is 6.46. The van der Waals surface area contributed by atoms with Gasteiger partial charge < -0.3 is 14.5 Å². The summed E-state index contributed by atoms with van der Waals surface area (Å²) in [7, 11) is 1.59. The van der Waals surface area contributed by atoms with Crippen molar-refractivity contribution in [3.8, 4) is 5.75 Å². The fourth-order valence-corrected chi connectivity index (χ4v) is 2.97. The largest absolute Gasteiger partial charge is 0.495 e. The molecule has 0 unspecified atom stereocenters. The van der Waals surface area contributed by atoms with Crippen LogP contribution in [0.3, 0.4) is 0 Å². The van der Waals surface area contributed by atoms with Gasteiger partial charge in [0.15, 0.2) is 0 Å². The lowest BCUT2D eigenvalue weighted by Crippen LogP contribution is -2.42. The highest BCUT2D eigenvalue weighted by Gasteiger charge is 2.33. The fourth-order valence-electron chi connectivity index (χ4n) is 2.97. The van der Waals surface area contributed by atoms with Gasteiger partial charge in [0.1, 0.15) is 12.3 Å². The van der Waals surface area contributed by atoms with Crippen molar-refractivity contribution < 1.29 is 14.3 Å². The van der Waals surface area contributed by atoms with Crippen molar-refractivity contribution in [3.63, 3.8) is 0 Å². The van der Waals surface area contributed by atoms with Crippen molar-refractivity contribution in [3.05, 3.63) is 24.3 Å². The van der Waals surface area contributed by atoms with Crippen molar-refractivity contribution >= 4 is 17.6 Å². The van der Waals surface area contributed by atoms with Gasteiger partial charge >= 0.3 is 6.03 Å². The number of amides is 3. The van der Waals surface area contributed by atoms with Crippen LogP contribution in [0.25, 0.3) is 0 Å². The van der Waals surface area contributed by atoms with E-state index in [1.54, 1.807) is 16.9 Å². The molecule has 1 saturated heterocycles. The van der Waals surface area contributed by atoms with E-state index in [0.29, 0.717) is 18.8 Å². The summed E-state index contributed by atoms with van der Waals surface area (Å²) in [6, 6.07) is 7.31. The van der Waals surface area contributed by atoms with Gasteiger partial charge in [0.2, 0.25) is 5.91 Å². The maximum absolute atomic E-state index is 12.7. The first kappa shape index (κ1) is 18.1. The molecule has 3 amide bonds. The molecule has 0 bridgehead atoms. The van der Waals surface area contributed by atoms with E-state index >= 15 is 0 Å². The molecule has 0 saturated carbocycles. The molecule has 0 radical (unpaired) electrons. The van der Waals surface area contributed by atoms with Crippen LogP contribution in [0, 0.1) is 0 Å². The van der Waals surface area contributed by atoms with E-state index < -0.39 is 0 Å². The Hall–Kier alpha value is -2.24. The Bertz CT molecular complexity index is 570. The molecule has 6 nitrogen and oxygen atoms in total. The Labute approximate surface area is 144 Å². The van der Waals surface area contributed by atoms with Gasteiger partial charge in [0.25, 0.3) is 0 Å². The van der Waals surface area contributed by atoms with Crippen LogP contribution in [-0.2, 0) is 4.79 Å². The van der Waals surface area contributed by atoms with Crippen LogP contribution in [0.15, 0.2) is 24.3 Å². The highest BCUT2D eigenvalue weighted by Crippen LogP contribution is 2.30. The average Bonchev–Trinajstić information content (AvgIpc) is 2.95. The van der Waals surface area contributed by atoms with Crippen LogP contribution >= 0.6 is 0 Å². The van der Waals surface area contributed by atoms with Crippen LogP contribution in [-0.4, -0.2) is 61.6 Å². The van der Waals surface area contributed by atoms with Gasteiger partial charge in [-0.3, -0.25) is 9.69 Å². The predicted octanol–water partition coefficient (Wildman–Crippen LogP) is 2.59. The molecule has 24 heavy (non-hydrogen) atoms. The summed E-state index contributed by atoms with van der Waals surface area (Å²) in [5.74, 6) is 0.687. The van der Waals surface area contributed by atoms with E-state index in [2.05, 4.69) is 13.8 Å². The Morgan fingerprint density at radius 2 is 1.83 bits per heavy atom. The highest BCUT2D eigenvalue weighted by atomic mass is 16.5. The summed E-state index contributed by atoms with van der Waals surface area (Å²) in [4.78, 5) is 30.3. The second-order valence-corrected chi connectivity index (χ2v) is 5.91. The summed E-state index contributed by atoms with van der Waals surface area (Å²) in [5, 5.41) is 0. The SMILES string of the molecule is CCCN(CCC)C(=O)CN1CCN(c2ccccc2OC)C1=O. The molecular weight excluding hydrogens is 306 g/mol. The molecule has 0 aliphatic carbocycles. The van der Waals surface area contributed by atoms with E-state index in [0.717, 1.165) is 31.6 Å². The van der Waals surface area contributed by atoms with E-state index in [1.165, 1.54) is 0 Å². The van der Waals surface area contributed by atoms with Crippen molar-refractivity contribution in [2.45, 2.75) is 26.7 Å². The van der Waals surface area contributed by atoms with Crippen LogP contribution in [0.5, 0.6) is 5.75 Å². The number of anilines is 1. The lowest BCUT2D eigenvalue weighted by Gasteiger charge is -2.25. The Morgan fingerprint density at radius 1 is 1.17 bits per heavy atom. The minimum absolute atomic E-state index is 0.0222. The molecule has 0 aromatic heterocycles. The summed E-state index contributed by atoms with van der Waals surface area (Å²) >= 11 is 0. The minimum atomic E-state index is -0.138.